The molecule has 0 spiro atoms. The minimum atomic E-state index is -0.788. The van der Waals surface area contributed by atoms with Gasteiger partial charge in [0.2, 0.25) is 0 Å². The lowest BCUT2D eigenvalue weighted by atomic mass is 9.86. The van der Waals surface area contributed by atoms with Gasteiger partial charge in [0.25, 0.3) is 0 Å². The van der Waals surface area contributed by atoms with Gasteiger partial charge in [0.15, 0.2) is 0 Å². The normalized spacial score (nSPS) is 11.4. The van der Waals surface area contributed by atoms with Gasteiger partial charge in [-0.3, -0.25) is 4.79 Å². The van der Waals surface area contributed by atoms with Crippen LogP contribution in [-0.2, 0) is 16.0 Å². The first kappa shape index (κ1) is 25.5. The smallest absolute Gasteiger partial charge is 0.303 e. The van der Waals surface area contributed by atoms with E-state index in [1.54, 1.807) is 0 Å². The number of carbonyl (C=O) groups is 1. The van der Waals surface area contributed by atoms with E-state index in [0.717, 1.165) is 40.0 Å². The van der Waals surface area contributed by atoms with E-state index in [2.05, 4.69) is 31.2 Å². The number of thioether (sulfide) groups is 1. The summed E-state index contributed by atoms with van der Waals surface area (Å²) in [4.78, 5) is 10.7. The summed E-state index contributed by atoms with van der Waals surface area (Å²) in [6.07, 6.45) is 2.65. The minimum Gasteiger partial charge on any atom is -0.493 e. The molecule has 0 saturated heterocycles. The summed E-state index contributed by atoms with van der Waals surface area (Å²) in [5.41, 5.74) is 3.42. The molecule has 3 nitrogen and oxygen atoms in total. The topological polar surface area (TPSA) is 46.5 Å². The summed E-state index contributed by atoms with van der Waals surface area (Å²) in [7, 11) is 0. The van der Waals surface area contributed by atoms with Gasteiger partial charge in [-0.1, -0.05) is 72.9 Å². The highest BCUT2D eigenvalue weighted by Gasteiger charge is 2.34. The third-order valence-electron chi connectivity index (χ3n) is 5.47. The Morgan fingerprint density at radius 1 is 0.909 bits per heavy atom. The highest BCUT2D eigenvalue weighted by atomic mass is 35.5. The van der Waals surface area contributed by atoms with Gasteiger partial charge in [-0.05, 0) is 65.9 Å². The van der Waals surface area contributed by atoms with Gasteiger partial charge in [-0.2, -0.15) is 0 Å². The Balaban J connectivity index is 1.72. The van der Waals surface area contributed by atoms with Crippen molar-refractivity contribution < 1.29 is 14.6 Å². The molecular formula is C27H28Cl2O3S. The van der Waals surface area contributed by atoms with Crippen LogP contribution >= 0.6 is 35.0 Å². The van der Waals surface area contributed by atoms with Gasteiger partial charge in [0.05, 0.1) is 11.4 Å². The molecule has 0 atom stereocenters. The second kappa shape index (κ2) is 12.4. The molecule has 1 N–H and O–H groups in total. The van der Waals surface area contributed by atoms with Crippen LogP contribution in [0.5, 0.6) is 5.75 Å². The number of rotatable bonds is 12. The Kier molecular flexibility index (Phi) is 9.54. The molecule has 3 aromatic rings. The molecule has 174 valence electrons. The van der Waals surface area contributed by atoms with Crippen LogP contribution in [0.4, 0.5) is 0 Å². The molecule has 0 heterocycles. The predicted molar refractivity (Wildman–Crippen MR) is 139 cm³/mol. The Labute approximate surface area is 210 Å². The Morgan fingerprint density at radius 2 is 1.45 bits per heavy atom. The Hall–Kier alpha value is -2.14. The Bertz CT molecular complexity index is 973. The van der Waals surface area contributed by atoms with E-state index in [1.165, 1.54) is 11.1 Å². The van der Waals surface area contributed by atoms with Crippen LogP contribution in [-0.4, -0.2) is 23.4 Å². The van der Waals surface area contributed by atoms with Crippen molar-refractivity contribution in [3.05, 3.63) is 99.5 Å². The van der Waals surface area contributed by atoms with Crippen LogP contribution in [0, 0.1) is 0 Å². The van der Waals surface area contributed by atoms with Crippen molar-refractivity contribution in [2.45, 2.75) is 37.4 Å². The molecule has 0 aliphatic carbocycles. The van der Waals surface area contributed by atoms with Crippen molar-refractivity contribution in [1.82, 2.24) is 0 Å². The van der Waals surface area contributed by atoms with Crippen molar-refractivity contribution in [2.75, 3.05) is 12.4 Å². The standard InChI is InChI=1S/C27H28Cl2O3S/c1-2-17-27(21-6-10-23(28)11-7-21,22-8-12-24(29)13-9-22)33-19-18-32-25-14-3-20(4-15-25)5-16-26(30)31/h3-4,6-15H,2,5,16-19H2,1H3,(H,30,31). The number of ether oxygens (including phenoxy) is 1. The lowest BCUT2D eigenvalue weighted by Gasteiger charge is -2.35. The van der Waals surface area contributed by atoms with Crippen molar-refractivity contribution >= 4 is 40.9 Å². The van der Waals surface area contributed by atoms with Gasteiger partial charge in [0.1, 0.15) is 5.75 Å². The van der Waals surface area contributed by atoms with Crippen molar-refractivity contribution in [1.29, 1.82) is 0 Å². The number of carboxylic acids is 1. The molecule has 0 radical (unpaired) electrons. The maximum Gasteiger partial charge on any atom is 0.303 e. The van der Waals surface area contributed by atoms with E-state index < -0.39 is 5.97 Å². The molecule has 0 saturated carbocycles. The monoisotopic (exact) mass is 502 g/mol. The SMILES string of the molecule is CCCC(SCCOc1ccc(CCC(=O)O)cc1)(c1ccc(Cl)cc1)c1ccc(Cl)cc1. The number of aliphatic carboxylic acids is 1. The maximum absolute atomic E-state index is 10.7. The molecule has 6 heteroatoms. The average molecular weight is 503 g/mol. The number of hydrogen-bond donors (Lipinski definition) is 1. The van der Waals surface area contributed by atoms with Gasteiger partial charge < -0.3 is 9.84 Å². The molecule has 0 aliphatic heterocycles. The van der Waals surface area contributed by atoms with Crippen molar-refractivity contribution in [3.63, 3.8) is 0 Å². The fraction of sp³-hybridized carbons (Fsp3) is 0.296. The maximum atomic E-state index is 10.7. The largest absolute Gasteiger partial charge is 0.493 e. The van der Waals surface area contributed by atoms with E-state index in [9.17, 15) is 4.79 Å². The number of benzene rings is 3. The molecule has 0 unspecified atom stereocenters. The van der Waals surface area contributed by atoms with Crippen LogP contribution in [0.1, 0.15) is 42.9 Å². The highest BCUT2D eigenvalue weighted by molar-refractivity contribution is 8.00. The molecule has 3 aromatic carbocycles. The first-order chi connectivity index (χ1) is 15.9. The van der Waals surface area contributed by atoms with E-state index >= 15 is 0 Å². The van der Waals surface area contributed by atoms with Crippen LogP contribution in [0.3, 0.4) is 0 Å². The van der Waals surface area contributed by atoms with Crippen molar-refractivity contribution in [3.8, 4) is 5.75 Å². The molecule has 0 amide bonds. The van der Waals surface area contributed by atoms with E-state index in [-0.39, 0.29) is 11.2 Å². The molecule has 33 heavy (non-hydrogen) atoms. The zero-order chi connectivity index (χ0) is 23.7. The minimum absolute atomic E-state index is 0.131. The van der Waals surface area contributed by atoms with Crippen LogP contribution in [0.2, 0.25) is 10.0 Å². The van der Waals surface area contributed by atoms with E-state index in [1.807, 2.05) is 60.3 Å². The molecule has 3 rings (SSSR count). The second-order valence-corrected chi connectivity index (χ2v) is 10.1. The third-order valence-corrected chi connectivity index (χ3v) is 7.52. The van der Waals surface area contributed by atoms with Crippen LogP contribution in [0.25, 0.3) is 0 Å². The summed E-state index contributed by atoms with van der Waals surface area (Å²) >= 11 is 14.2. The van der Waals surface area contributed by atoms with E-state index in [4.69, 9.17) is 33.0 Å². The molecule has 0 aliphatic rings. The van der Waals surface area contributed by atoms with Gasteiger partial charge in [0, 0.05) is 22.2 Å². The lowest BCUT2D eigenvalue weighted by molar-refractivity contribution is -0.136. The summed E-state index contributed by atoms with van der Waals surface area (Å²) in [6, 6.07) is 23.9. The van der Waals surface area contributed by atoms with Crippen molar-refractivity contribution in [2.24, 2.45) is 0 Å². The molecule has 0 fully saturated rings. The first-order valence-corrected chi connectivity index (χ1v) is 12.8. The van der Waals surface area contributed by atoms with Gasteiger partial charge in [-0.15, -0.1) is 11.8 Å². The van der Waals surface area contributed by atoms with Gasteiger partial charge >= 0.3 is 5.97 Å². The Morgan fingerprint density at radius 3 is 1.94 bits per heavy atom. The summed E-state index contributed by atoms with van der Waals surface area (Å²) < 4.78 is 5.76. The zero-order valence-corrected chi connectivity index (χ0v) is 20.9. The first-order valence-electron chi connectivity index (χ1n) is 11.0. The van der Waals surface area contributed by atoms with Crippen LogP contribution < -0.4 is 4.74 Å². The van der Waals surface area contributed by atoms with E-state index in [0.29, 0.717) is 13.0 Å². The van der Waals surface area contributed by atoms with Crippen LogP contribution in [0.15, 0.2) is 72.8 Å². The summed E-state index contributed by atoms with van der Waals surface area (Å²) in [5, 5.41) is 10.3. The lowest BCUT2D eigenvalue weighted by Crippen LogP contribution is -2.25. The number of halogens is 2. The number of carboxylic acid groups (broad SMARTS) is 1. The summed E-state index contributed by atoms with van der Waals surface area (Å²) in [5.74, 6) is 0.796. The quantitative estimate of drug-likeness (QED) is 0.256. The third kappa shape index (κ3) is 7.17. The fourth-order valence-corrected chi connectivity index (χ4v) is 5.58. The molecular weight excluding hydrogens is 475 g/mol. The highest BCUT2D eigenvalue weighted by Crippen LogP contribution is 2.47. The molecule has 0 bridgehead atoms. The number of hydrogen-bond acceptors (Lipinski definition) is 3. The van der Waals surface area contributed by atoms with Gasteiger partial charge in [-0.25, -0.2) is 0 Å². The zero-order valence-electron chi connectivity index (χ0n) is 18.6. The predicted octanol–water partition coefficient (Wildman–Crippen LogP) is 7.87. The summed E-state index contributed by atoms with van der Waals surface area (Å²) in [6.45, 7) is 2.76. The number of aryl methyl sites for hydroxylation is 1. The second-order valence-electron chi connectivity index (χ2n) is 7.83. The average Bonchev–Trinajstić information content (AvgIpc) is 2.81. The molecule has 0 aromatic heterocycles. The fourth-order valence-electron chi connectivity index (χ4n) is 3.86.